The maximum atomic E-state index is 12.9. The Morgan fingerprint density at radius 3 is 2.74 bits per heavy atom. The summed E-state index contributed by atoms with van der Waals surface area (Å²) >= 11 is 0. The average Bonchev–Trinajstić information content (AvgIpc) is 2.71. The van der Waals surface area contributed by atoms with E-state index in [-0.39, 0.29) is 5.56 Å². The fourth-order valence-corrected chi connectivity index (χ4v) is 3.82. The molecule has 6 nitrogen and oxygen atoms in total. The van der Waals surface area contributed by atoms with Crippen LogP contribution in [-0.2, 0) is 6.54 Å². The Hall–Kier alpha value is -3.20. The van der Waals surface area contributed by atoms with Crippen LogP contribution in [0.25, 0.3) is 10.9 Å². The number of para-hydroxylation sites is 1. The third-order valence-electron chi connectivity index (χ3n) is 5.31. The second-order valence-corrected chi connectivity index (χ2v) is 7.01. The number of piperidine rings is 1. The van der Waals surface area contributed by atoms with E-state index in [9.17, 15) is 10.1 Å². The highest BCUT2D eigenvalue weighted by atomic mass is 16.1. The van der Waals surface area contributed by atoms with Gasteiger partial charge in [-0.05, 0) is 49.9 Å². The first-order valence-electron chi connectivity index (χ1n) is 9.23. The lowest BCUT2D eigenvalue weighted by Gasteiger charge is -2.33. The maximum absolute atomic E-state index is 12.9. The lowest BCUT2D eigenvalue weighted by Crippen LogP contribution is -2.37. The number of rotatable bonds is 3. The Morgan fingerprint density at radius 2 is 1.96 bits per heavy atom. The Morgan fingerprint density at radius 1 is 1.19 bits per heavy atom. The van der Waals surface area contributed by atoms with Crippen molar-refractivity contribution < 1.29 is 0 Å². The van der Waals surface area contributed by atoms with Crippen molar-refractivity contribution >= 4 is 16.7 Å². The van der Waals surface area contributed by atoms with Crippen molar-refractivity contribution in [3.63, 3.8) is 0 Å². The van der Waals surface area contributed by atoms with Gasteiger partial charge in [0.2, 0.25) is 0 Å². The molecule has 4 rings (SSSR count). The highest BCUT2D eigenvalue weighted by molar-refractivity contribution is 5.77. The molecule has 0 aliphatic carbocycles. The zero-order chi connectivity index (χ0) is 18.8. The zero-order valence-electron chi connectivity index (χ0n) is 15.3. The lowest BCUT2D eigenvalue weighted by atomic mass is 9.96. The minimum Gasteiger partial charge on any atom is -0.356 e. The monoisotopic (exact) mass is 359 g/mol. The van der Waals surface area contributed by atoms with Crippen LogP contribution in [0.4, 0.5) is 5.82 Å². The van der Waals surface area contributed by atoms with E-state index in [2.05, 4.69) is 20.9 Å². The van der Waals surface area contributed by atoms with Gasteiger partial charge >= 0.3 is 0 Å². The van der Waals surface area contributed by atoms with Crippen LogP contribution in [0.15, 0.2) is 47.4 Å². The van der Waals surface area contributed by atoms with E-state index in [1.807, 2.05) is 35.8 Å². The van der Waals surface area contributed by atoms with Gasteiger partial charge in [0.15, 0.2) is 0 Å². The molecule has 6 heteroatoms. The van der Waals surface area contributed by atoms with E-state index >= 15 is 0 Å². The number of nitrogens with zero attached hydrogens (tertiary/aromatic N) is 5. The summed E-state index contributed by atoms with van der Waals surface area (Å²) in [4.78, 5) is 24.0. The van der Waals surface area contributed by atoms with Gasteiger partial charge in [-0.3, -0.25) is 9.36 Å². The average molecular weight is 359 g/mol. The third-order valence-corrected chi connectivity index (χ3v) is 5.31. The van der Waals surface area contributed by atoms with Crippen LogP contribution in [0.3, 0.4) is 0 Å². The van der Waals surface area contributed by atoms with E-state index in [0.29, 0.717) is 23.4 Å². The number of aryl methyl sites for hydroxylation is 1. The highest BCUT2D eigenvalue weighted by Crippen LogP contribution is 2.25. The molecular formula is C21H21N5O. The van der Waals surface area contributed by atoms with Crippen LogP contribution < -0.4 is 10.5 Å². The minimum atomic E-state index is 0.0389. The van der Waals surface area contributed by atoms with Gasteiger partial charge in [-0.25, -0.2) is 9.97 Å². The Balaban J connectivity index is 1.51. The summed E-state index contributed by atoms with van der Waals surface area (Å²) in [6.07, 6.45) is 3.65. The molecule has 1 aliphatic rings. The number of aromatic nitrogens is 3. The first kappa shape index (κ1) is 17.2. The summed E-state index contributed by atoms with van der Waals surface area (Å²) < 4.78 is 1.81. The summed E-state index contributed by atoms with van der Waals surface area (Å²) in [5.74, 6) is 1.94. The molecule has 1 fully saturated rings. The second-order valence-electron chi connectivity index (χ2n) is 7.01. The summed E-state index contributed by atoms with van der Waals surface area (Å²) in [7, 11) is 0. The van der Waals surface area contributed by atoms with Crippen LogP contribution in [0.2, 0.25) is 0 Å². The molecule has 0 amide bonds. The van der Waals surface area contributed by atoms with E-state index in [0.717, 1.165) is 43.1 Å². The molecule has 0 bridgehead atoms. The largest absolute Gasteiger partial charge is 0.356 e. The predicted octanol–water partition coefficient (Wildman–Crippen LogP) is 2.89. The molecule has 0 saturated carbocycles. The van der Waals surface area contributed by atoms with Crippen molar-refractivity contribution in [3.05, 3.63) is 64.3 Å². The topological polar surface area (TPSA) is 74.8 Å². The SMILES string of the molecule is Cc1nc2ccccc2c(=O)n1CC1CCN(c2ncccc2C#N)CC1. The number of nitriles is 1. The quantitative estimate of drug-likeness (QED) is 0.719. The highest BCUT2D eigenvalue weighted by Gasteiger charge is 2.23. The molecule has 3 aromatic rings. The van der Waals surface area contributed by atoms with Gasteiger partial charge in [0, 0.05) is 25.8 Å². The maximum Gasteiger partial charge on any atom is 0.261 e. The molecule has 0 spiro atoms. The number of benzene rings is 1. The molecule has 2 aromatic heterocycles. The fourth-order valence-electron chi connectivity index (χ4n) is 3.82. The third kappa shape index (κ3) is 3.28. The van der Waals surface area contributed by atoms with E-state index in [4.69, 9.17) is 0 Å². The van der Waals surface area contributed by atoms with Crippen LogP contribution in [0.1, 0.15) is 24.2 Å². The van der Waals surface area contributed by atoms with Gasteiger partial charge < -0.3 is 4.90 Å². The molecule has 136 valence electrons. The standard InChI is InChI=1S/C21H21N5O/c1-15-24-19-7-3-2-6-18(19)21(27)26(15)14-16-8-11-25(12-9-16)20-17(13-22)5-4-10-23-20/h2-7,10,16H,8-9,11-12,14H2,1H3. The summed E-state index contributed by atoms with van der Waals surface area (Å²) in [5.41, 5.74) is 1.41. The Bertz CT molecular complexity index is 1070. The van der Waals surface area contributed by atoms with Gasteiger partial charge in [-0.1, -0.05) is 12.1 Å². The second kappa shape index (κ2) is 7.20. The van der Waals surface area contributed by atoms with E-state index < -0.39 is 0 Å². The molecule has 3 heterocycles. The molecule has 1 saturated heterocycles. The minimum absolute atomic E-state index is 0.0389. The van der Waals surface area contributed by atoms with Gasteiger partial charge in [0.05, 0.1) is 16.5 Å². The number of hydrogen-bond acceptors (Lipinski definition) is 5. The van der Waals surface area contributed by atoms with Crippen molar-refractivity contribution in [2.75, 3.05) is 18.0 Å². The van der Waals surface area contributed by atoms with E-state index in [1.54, 1.807) is 18.3 Å². The van der Waals surface area contributed by atoms with Crippen molar-refractivity contribution in [2.45, 2.75) is 26.3 Å². The first-order valence-corrected chi connectivity index (χ1v) is 9.23. The van der Waals surface area contributed by atoms with Crippen LogP contribution in [0.5, 0.6) is 0 Å². The van der Waals surface area contributed by atoms with Gasteiger partial charge in [0.25, 0.3) is 5.56 Å². The zero-order valence-corrected chi connectivity index (χ0v) is 15.3. The van der Waals surface area contributed by atoms with Gasteiger partial charge in [-0.15, -0.1) is 0 Å². The Kier molecular flexibility index (Phi) is 4.59. The van der Waals surface area contributed by atoms with E-state index in [1.165, 1.54) is 0 Å². The predicted molar refractivity (Wildman–Crippen MR) is 105 cm³/mol. The molecule has 0 radical (unpaired) electrons. The first-order chi connectivity index (χ1) is 13.2. The normalized spacial score (nSPS) is 15.0. The number of fused-ring (bicyclic) bond motifs is 1. The molecule has 1 aromatic carbocycles. The van der Waals surface area contributed by atoms with Crippen LogP contribution >= 0.6 is 0 Å². The van der Waals surface area contributed by atoms with Gasteiger partial charge in [-0.2, -0.15) is 5.26 Å². The molecule has 1 aliphatic heterocycles. The van der Waals surface area contributed by atoms with Crippen LogP contribution in [0, 0.1) is 24.2 Å². The number of pyridine rings is 1. The molecule has 0 unspecified atom stereocenters. The van der Waals surface area contributed by atoms with Crippen molar-refractivity contribution in [1.29, 1.82) is 5.26 Å². The lowest BCUT2D eigenvalue weighted by molar-refractivity contribution is 0.348. The molecular weight excluding hydrogens is 338 g/mol. The smallest absolute Gasteiger partial charge is 0.261 e. The summed E-state index contributed by atoms with van der Waals surface area (Å²) in [5, 5.41) is 9.96. The number of hydrogen-bond donors (Lipinski definition) is 0. The van der Waals surface area contributed by atoms with Crippen LogP contribution in [-0.4, -0.2) is 27.6 Å². The molecule has 0 N–H and O–H groups in total. The fraction of sp³-hybridized carbons (Fsp3) is 0.333. The van der Waals surface area contributed by atoms with Crippen molar-refractivity contribution in [3.8, 4) is 6.07 Å². The summed E-state index contributed by atoms with van der Waals surface area (Å²) in [6, 6.07) is 13.3. The molecule has 27 heavy (non-hydrogen) atoms. The molecule has 0 atom stereocenters. The van der Waals surface area contributed by atoms with Crippen molar-refractivity contribution in [2.24, 2.45) is 5.92 Å². The Labute approximate surface area is 157 Å². The van der Waals surface area contributed by atoms with Crippen molar-refractivity contribution in [1.82, 2.24) is 14.5 Å². The number of anilines is 1. The summed E-state index contributed by atoms with van der Waals surface area (Å²) in [6.45, 7) is 4.26. The van der Waals surface area contributed by atoms with Gasteiger partial charge in [0.1, 0.15) is 17.7 Å².